The van der Waals surface area contributed by atoms with E-state index in [4.69, 9.17) is 0 Å². The molecule has 1 aliphatic rings. The third-order valence-electron chi connectivity index (χ3n) is 3.24. The van der Waals surface area contributed by atoms with E-state index in [1.165, 1.54) is 0 Å². The molecule has 0 saturated carbocycles. The van der Waals surface area contributed by atoms with Gasteiger partial charge in [-0.2, -0.15) is 0 Å². The smallest absolute Gasteiger partial charge is 0.267 e. The lowest BCUT2D eigenvalue weighted by molar-refractivity contribution is 0.0680. The molecule has 1 N–H and O–H groups in total. The molecule has 6 heteroatoms. The Hall–Kier alpha value is -1.01. The SMILES string of the molecule is CC(C)(C)c1nnsc1C(=O)N1CCCC1CO. The van der Waals surface area contributed by atoms with Gasteiger partial charge in [-0.05, 0) is 24.4 Å². The van der Waals surface area contributed by atoms with Crippen molar-refractivity contribution in [2.45, 2.75) is 45.1 Å². The Bertz CT molecular complexity index is 439. The molecule has 1 atom stereocenters. The van der Waals surface area contributed by atoms with Crippen molar-refractivity contribution in [1.82, 2.24) is 14.5 Å². The summed E-state index contributed by atoms with van der Waals surface area (Å²) in [6.45, 7) is 6.81. The average Bonchev–Trinajstić information content (AvgIpc) is 2.95. The lowest BCUT2D eigenvalue weighted by Crippen LogP contribution is -2.38. The van der Waals surface area contributed by atoms with Gasteiger partial charge < -0.3 is 10.0 Å². The molecular weight excluding hydrogens is 250 g/mol. The van der Waals surface area contributed by atoms with Gasteiger partial charge in [-0.15, -0.1) is 5.10 Å². The topological polar surface area (TPSA) is 66.3 Å². The van der Waals surface area contributed by atoms with Crippen LogP contribution in [0.1, 0.15) is 49.0 Å². The maximum atomic E-state index is 12.5. The normalized spacial score (nSPS) is 20.4. The number of hydrogen-bond acceptors (Lipinski definition) is 5. The Morgan fingerprint density at radius 1 is 1.56 bits per heavy atom. The van der Waals surface area contributed by atoms with Gasteiger partial charge in [0.15, 0.2) is 0 Å². The number of likely N-dealkylation sites (tertiary alicyclic amines) is 1. The van der Waals surface area contributed by atoms with Crippen LogP contribution in [0, 0.1) is 0 Å². The van der Waals surface area contributed by atoms with Crippen molar-refractivity contribution >= 4 is 17.4 Å². The molecule has 1 aromatic heterocycles. The summed E-state index contributed by atoms with van der Waals surface area (Å²) in [7, 11) is 0. The molecule has 18 heavy (non-hydrogen) atoms. The predicted octanol–water partition coefficient (Wildman–Crippen LogP) is 1.43. The Morgan fingerprint density at radius 2 is 2.28 bits per heavy atom. The third-order valence-corrected chi connectivity index (χ3v) is 3.96. The van der Waals surface area contributed by atoms with Crippen LogP contribution in [-0.4, -0.2) is 44.7 Å². The summed E-state index contributed by atoms with van der Waals surface area (Å²) in [5.74, 6) is -0.0357. The molecule has 2 heterocycles. The highest BCUT2D eigenvalue weighted by Gasteiger charge is 2.34. The van der Waals surface area contributed by atoms with Crippen molar-refractivity contribution in [3.8, 4) is 0 Å². The largest absolute Gasteiger partial charge is 0.394 e. The molecule has 0 radical (unpaired) electrons. The van der Waals surface area contributed by atoms with Crippen LogP contribution in [0.2, 0.25) is 0 Å². The summed E-state index contributed by atoms with van der Waals surface area (Å²) in [6.07, 6.45) is 1.83. The fraction of sp³-hybridized carbons (Fsp3) is 0.750. The zero-order valence-corrected chi connectivity index (χ0v) is 11.8. The van der Waals surface area contributed by atoms with Crippen LogP contribution in [0.3, 0.4) is 0 Å². The second-order valence-electron chi connectivity index (χ2n) is 5.68. The number of carbonyl (C=O) groups excluding carboxylic acids is 1. The first kappa shape index (κ1) is 13.4. The summed E-state index contributed by atoms with van der Waals surface area (Å²) in [5, 5.41) is 13.4. The highest BCUT2D eigenvalue weighted by molar-refractivity contribution is 7.08. The number of rotatable bonds is 2. The van der Waals surface area contributed by atoms with E-state index in [1.54, 1.807) is 4.90 Å². The monoisotopic (exact) mass is 269 g/mol. The maximum Gasteiger partial charge on any atom is 0.267 e. The number of aliphatic hydroxyl groups excluding tert-OH is 1. The van der Waals surface area contributed by atoms with Crippen molar-refractivity contribution in [1.29, 1.82) is 0 Å². The molecule has 1 aromatic rings. The molecule has 0 aliphatic carbocycles. The van der Waals surface area contributed by atoms with Gasteiger partial charge in [-0.1, -0.05) is 25.3 Å². The minimum Gasteiger partial charge on any atom is -0.394 e. The van der Waals surface area contributed by atoms with Crippen molar-refractivity contribution in [3.63, 3.8) is 0 Å². The molecule has 5 nitrogen and oxygen atoms in total. The second kappa shape index (κ2) is 4.93. The van der Waals surface area contributed by atoms with E-state index in [0.29, 0.717) is 11.4 Å². The highest BCUT2D eigenvalue weighted by Crippen LogP contribution is 2.29. The van der Waals surface area contributed by atoms with Crippen molar-refractivity contribution in [2.75, 3.05) is 13.2 Å². The molecular formula is C12H19N3O2S. The van der Waals surface area contributed by atoms with E-state index >= 15 is 0 Å². The highest BCUT2D eigenvalue weighted by atomic mass is 32.1. The van der Waals surface area contributed by atoms with Crippen LogP contribution in [-0.2, 0) is 5.41 Å². The Labute approximate surface area is 111 Å². The molecule has 1 amide bonds. The number of aromatic nitrogens is 2. The summed E-state index contributed by atoms with van der Waals surface area (Å²) in [5.41, 5.74) is 0.563. The minimum absolute atomic E-state index is 0.0306. The summed E-state index contributed by atoms with van der Waals surface area (Å²) in [4.78, 5) is 14.9. The number of aliphatic hydroxyl groups is 1. The molecule has 1 saturated heterocycles. The van der Waals surface area contributed by atoms with Crippen molar-refractivity contribution in [3.05, 3.63) is 10.6 Å². The standard InChI is InChI=1S/C12H19N3O2S/c1-12(2,3)10-9(18-14-13-10)11(17)15-6-4-5-8(15)7-16/h8,16H,4-7H2,1-3H3. The third kappa shape index (κ3) is 2.40. The fourth-order valence-electron chi connectivity index (χ4n) is 2.24. The number of nitrogens with zero attached hydrogens (tertiary/aromatic N) is 3. The molecule has 100 valence electrons. The Kier molecular flexibility index (Phi) is 3.68. The van der Waals surface area contributed by atoms with E-state index in [1.807, 2.05) is 20.8 Å². The lowest BCUT2D eigenvalue weighted by Gasteiger charge is -2.24. The van der Waals surface area contributed by atoms with Crippen LogP contribution in [0.15, 0.2) is 0 Å². The van der Waals surface area contributed by atoms with Gasteiger partial charge in [0.25, 0.3) is 5.91 Å². The summed E-state index contributed by atoms with van der Waals surface area (Å²) >= 11 is 1.15. The van der Waals surface area contributed by atoms with Crippen molar-refractivity contribution < 1.29 is 9.90 Å². The van der Waals surface area contributed by atoms with Gasteiger partial charge in [0.05, 0.1) is 18.3 Å². The quantitative estimate of drug-likeness (QED) is 0.882. The van der Waals surface area contributed by atoms with E-state index < -0.39 is 0 Å². The molecule has 0 spiro atoms. The van der Waals surface area contributed by atoms with Gasteiger partial charge in [0.2, 0.25) is 0 Å². The minimum atomic E-state index is -0.188. The molecule has 1 unspecified atom stereocenters. The maximum absolute atomic E-state index is 12.5. The Balaban J connectivity index is 2.27. The van der Waals surface area contributed by atoms with Gasteiger partial charge in [-0.3, -0.25) is 4.79 Å². The fourth-order valence-corrected chi connectivity index (χ4v) is 3.08. The van der Waals surface area contributed by atoms with E-state index in [-0.39, 0.29) is 24.0 Å². The van der Waals surface area contributed by atoms with E-state index in [2.05, 4.69) is 9.59 Å². The zero-order chi connectivity index (χ0) is 13.3. The first-order valence-corrected chi connectivity index (χ1v) is 6.97. The van der Waals surface area contributed by atoms with Gasteiger partial charge >= 0.3 is 0 Å². The Morgan fingerprint density at radius 3 is 2.89 bits per heavy atom. The zero-order valence-electron chi connectivity index (χ0n) is 11.0. The van der Waals surface area contributed by atoms with E-state index in [0.717, 1.165) is 30.1 Å². The van der Waals surface area contributed by atoms with Crippen LogP contribution < -0.4 is 0 Å². The van der Waals surface area contributed by atoms with Crippen LogP contribution in [0.25, 0.3) is 0 Å². The van der Waals surface area contributed by atoms with Crippen LogP contribution >= 0.6 is 11.5 Å². The predicted molar refractivity (Wildman–Crippen MR) is 69.8 cm³/mol. The first-order valence-electron chi connectivity index (χ1n) is 6.20. The number of hydrogen-bond donors (Lipinski definition) is 1. The molecule has 2 rings (SSSR count). The molecule has 1 fully saturated rings. The summed E-state index contributed by atoms with van der Waals surface area (Å²) < 4.78 is 3.91. The van der Waals surface area contributed by atoms with Crippen molar-refractivity contribution in [2.24, 2.45) is 0 Å². The van der Waals surface area contributed by atoms with Gasteiger partial charge in [0, 0.05) is 12.0 Å². The van der Waals surface area contributed by atoms with Gasteiger partial charge in [0.1, 0.15) is 4.88 Å². The van der Waals surface area contributed by atoms with Gasteiger partial charge in [-0.25, -0.2) is 0 Å². The average molecular weight is 269 g/mol. The molecule has 1 aliphatic heterocycles. The first-order chi connectivity index (χ1) is 8.45. The molecule has 0 aromatic carbocycles. The van der Waals surface area contributed by atoms with Crippen LogP contribution in [0.4, 0.5) is 0 Å². The van der Waals surface area contributed by atoms with Crippen LogP contribution in [0.5, 0.6) is 0 Å². The number of carbonyl (C=O) groups is 1. The lowest BCUT2D eigenvalue weighted by atomic mass is 9.91. The van der Waals surface area contributed by atoms with E-state index in [9.17, 15) is 9.90 Å². The second-order valence-corrected chi connectivity index (χ2v) is 6.43. The summed E-state index contributed by atoms with van der Waals surface area (Å²) in [6, 6.07) is -0.0487. The number of amides is 1. The molecule has 0 bridgehead atoms.